The molecule has 3 nitrogen and oxygen atoms in total. The van der Waals surface area contributed by atoms with Gasteiger partial charge in [0.25, 0.3) is 0 Å². The average Bonchev–Trinajstić information content (AvgIpc) is 2.87. The van der Waals surface area contributed by atoms with Crippen LogP contribution in [-0.2, 0) is 11.2 Å². The van der Waals surface area contributed by atoms with Crippen LogP contribution in [0.2, 0.25) is 0 Å². The number of hydrogen-bond donors (Lipinski definition) is 2. The molecular weight excluding hydrogens is 236 g/mol. The van der Waals surface area contributed by atoms with Crippen LogP contribution >= 0.6 is 0 Å². The Kier molecular flexibility index (Phi) is 3.56. The van der Waals surface area contributed by atoms with Crippen LogP contribution in [0.15, 0.2) is 30.3 Å². The summed E-state index contributed by atoms with van der Waals surface area (Å²) in [6.07, 6.45) is 6.60. The standard InChI is InChI=1S/C16H22N2O/c19-15-14(9-8-13-6-2-1-3-7-13)17-12-16(18-15)10-4-5-11-16/h1-3,6-7,14,17H,4-5,8-12H2,(H,18,19). The highest BCUT2D eigenvalue weighted by atomic mass is 16.2. The molecule has 1 saturated heterocycles. The molecule has 19 heavy (non-hydrogen) atoms. The van der Waals surface area contributed by atoms with Crippen LogP contribution in [0.4, 0.5) is 0 Å². The van der Waals surface area contributed by atoms with Gasteiger partial charge in [0.2, 0.25) is 5.91 Å². The molecule has 1 atom stereocenters. The van der Waals surface area contributed by atoms with E-state index >= 15 is 0 Å². The highest BCUT2D eigenvalue weighted by molar-refractivity contribution is 5.83. The molecule has 2 N–H and O–H groups in total. The molecule has 102 valence electrons. The molecule has 3 heteroatoms. The molecular formula is C16H22N2O. The molecule has 2 aliphatic rings. The minimum Gasteiger partial charge on any atom is -0.348 e. The molecule has 1 spiro atoms. The van der Waals surface area contributed by atoms with E-state index in [0.29, 0.717) is 0 Å². The van der Waals surface area contributed by atoms with E-state index in [0.717, 1.165) is 32.2 Å². The average molecular weight is 258 g/mol. The number of rotatable bonds is 3. The molecule has 0 bridgehead atoms. The zero-order valence-corrected chi connectivity index (χ0v) is 11.3. The van der Waals surface area contributed by atoms with Crippen LogP contribution in [0.5, 0.6) is 0 Å². The molecule has 1 saturated carbocycles. The summed E-state index contributed by atoms with van der Waals surface area (Å²) in [5, 5.41) is 6.74. The lowest BCUT2D eigenvalue weighted by molar-refractivity contribution is -0.127. The Hall–Kier alpha value is -1.35. The van der Waals surface area contributed by atoms with Gasteiger partial charge in [-0.25, -0.2) is 0 Å². The Labute approximate surface area is 114 Å². The third-order valence-electron chi connectivity index (χ3n) is 4.52. The van der Waals surface area contributed by atoms with E-state index in [2.05, 4.69) is 34.9 Å². The summed E-state index contributed by atoms with van der Waals surface area (Å²) in [4.78, 5) is 12.2. The van der Waals surface area contributed by atoms with Crippen molar-refractivity contribution < 1.29 is 4.79 Å². The van der Waals surface area contributed by atoms with Crippen molar-refractivity contribution in [2.24, 2.45) is 0 Å². The van der Waals surface area contributed by atoms with Gasteiger partial charge in [0.1, 0.15) is 0 Å². The predicted molar refractivity (Wildman–Crippen MR) is 75.9 cm³/mol. The first-order chi connectivity index (χ1) is 9.27. The number of aryl methyl sites for hydroxylation is 1. The molecule has 1 aliphatic heterocycles. The minimum atomic E-state index is -0.0218. The highest BCUT2D eigenvalue weighted by Gasteiger charge is 2.40. The Balaban J connectivity index is 1.54. The number of amides is 1. The molecule has 1 aromatic rings. The van der Waals surface area contributed by atoms with Gasteiger partial charge in [0.05, 0.1) is 11.6 Å². The smallest absolute Gasteiger partial charge is 0.237 e. The SMILES string of the molecule is O=C1NC2(CCCC2)CNC1CCc1ccccc1. The zero-order valence-electron chi connectivity index (χ0n) is 11.3. The van der Waals surface area contributed by atoms with Crippen molar-refractivity contribution in [3.05, 3.63) is 35.9 Å². The van der Waals surface area contributed by atoms with Gasteiger partial charge in [0, 0.05) is 6.54 Å². The van der Waals surface area contributed by atoms with E-state index in [-0.39, 0.29) is 17.5 Å². The number of benzene rings is 1. The quantitative estimate of drug-likeness (QED) is 0.871. The van der Waals surface area contributed by atoms with Crippen LogP contribution in [0.1, 0.15) is 37.7 Å². The summed E-state index contributed by atoms with van der Waals surface area (Å²) in [5.41, 5.74) is 1.37. The second-order valence-electron chi connectivity index (χ2n) is 5.93. The topological polar surface area (TPSA) is 41.1 Å². The van der Waals surface area contributed by atoms with Crippen LogP contribution in [0, 0.1) is 0 Å². The highest BCUT2D eigenvalue weighted by Crippen LogP contribution is 2.31. The monoisotopic (exact) mass is 258 g/mol. The minimum absolute atomic E-state index is 0.0218. The van der Waals surface area contributed by atoms with E-state index < -0.39 is 0 Å². The van der Waals surface area contributed by atoms with Gasteiger partial charge in [-0.3, -0.25) is 4.79 Å². The third kappa shape index (κ3) is 2.81. The van der Waals surface area contributed by atoms with Crippen molar-refractivity contribution in [1.29, 1.82) is 0 Å². The van der Waals surface area contributed by atoms with Crippen LogP contribution in [-0.4, -0.2) is 24.0 Å². The predicted octanol–water partition coefficient (Wildman–Crippen LogP) is 2.02. The Morgan fingerprint density at radius 3 is 2.58 bits per heavy atom. The molecule has 1 amide bonds. The maximum atomic E-state index is 12.2. The van der Waals surface area contributed by atoms with E-state index in [4.69, 9.17) is 0 Å². The van der Waals surface area contributed by atoms with Crippen molar-refractivity contribution in [3.8, 4) is 0 Å². The Bertz CT molecular complexity index is 437. The third-order valence-corrected chi connectivity index (χ3v) is 4.52. The molecule has 1 aliphatic carbocycles. The van der Waals surface area contributed by atoms with Gasteiger partial charge < -0.3 is 10.6 Å². The van der Waals surface area contributed by atoms with Gasteiger partial charge in [-0.2, -0.15) is 0 Å². The van der Waals surface area contributed by atoms with E-state index in [1.54, 1.807) is 0 Å². The summed E-state index contributed by atoms with van der Waals surface area (Å²) in [6.45, 7) is 0.943. The van der Waals surface area contributed by atoms with E-state index in [1.165, 1.54) is 18.4 Å². The summed E-state index contributed by atoms with van der Waals surface area (Å²) in [5.74, 6) is 0.198. The lowest BCUT2D eigenvalue weighted by Crippen LogP contribution is -2.64. The number of hydrogen-bond acceptors (Lipinski definition) is 2. The molecule has 1 aromatic carbocycles. The fraction of sp³-hybridized carbons (Fsp3) is 0.562. The van der Waals surface area contributed by atoms with E-state index in [9.17, 15) is 4.79 Å². The maximum absolute atomic E-state index is 12.2. The Morgan fingerprint density at radius 1 is 1.16 bits per heavy atom. The fourth-order valence-corrected chi connectivity index (χ4v) is 3.35. The van der Waals surface area contributed by atoms with Crippen molar-refractivity contribution >= 4 is 5.91 Å². The zero-order chi connectivity index (χ0) is 13.1. The van der Waals surface area contributed by atoms with Crippen LogP contribution in [0.25, 0.3) is 0 Å². The summed E-state index contributed by atoms with van der Waals surface area (Å²) in [7, 11) is 0. The van der Waals surface area contributed by atoms with Gasteiger partial charge in [-0.1, -0.05) is 43.2 Å². The first-order valence-electron chi connectivity index (χ1n) is 7.37. The first-order valence-corrected chi connectivity index (χ1v) is 7.37. The number of carbonyl (C=O) groups is 1. The van der Waals surface area contributed by atoms with E-state index in [1.807, 2.05) is 6.07 Å². The van der Waals surface area contributed by atoms with Gasteiger partial charge >= 0.3 is 0 Å². The largest absolute Gasteiger partial charge is 0.348 e. The lowest BCUT2D eigenvalue weighted by atomic mass is 9.92. The molecule has 0 radical (unpaired) electrons. The van der Waals surface area contributed by atoms with Gasteiger partial charge in [-0.05, 0) is 31.2 Å². The lowest BCUT2D eigenvalue weighted by Gasteiger charge is -2.38. The first kappa shape index (κ1) is 12.7. The van der Waals surface area contributed by atoms with Gasteiger partial charge in [-0.15, -0.1) is 0 Å². The second kappa shape index (κ2) is 5.33. The van der Waals surface area contributed by atoms with Crippen LogP contribution < -0.4 is 10.6 Å². The van der Waals surface area contributed by atoms with Crippen molar-refractivity contribution in [2.75, 3.05) is 6.54 Å². The second-order valence-corrected chi connectivity index (χ2v) is 5.93. The van der Waals surface area contributed by atoms with Crippen molar-refractivity contribution in [3.63, 3.8) is 0 Å². The normalized spacial score (nSPS) is 25.5. The number of nitrogens with one attached hydrogen (secondary N) is 2. The molecule has 0 aromatic heterocycles. The van der Waals surface area contributed by atoms with Crippen LogP contribution in [0.3, 0.4) is 0 Å². The Morgan fingerprint density at radius 2 is 1.89 bits per heavy atom. The molecule has 1 unspecified atom stereocenters. The summed E-state index contributed by atoms with van der Waals surface area (Å²) < 4.78 is 0. The molecule has 3 rings (SSSR count). The molecule has 1 heterocycles. The molecule has 2 fully saturated rings. The number of carbonyl (C=O) groups excluding carboxylic acids is 1. The number of piperazine rings is 1. The van der Waals surface area contributed by atoms with Gasteiger partial charge in [0.15, 0.2) is 0 Å². The summed E-state index contributed by atoms with van der Waals surface area (Å²) >= 11 is 0. The maximum Gasteiger partial charge on any atom is 0.237 e. The van der Waals surface area contributed by atoms with Crippen molar-refractivity contribution in [2.45, 2.75) is 50.1 Å². The van der Waals surface area contributed by atoms with Crippen molar-refractivity contribution in [1.82, 2.24) is 10.6 Å². The summed E-state index contributed by atoms with van der Waals surface area (Å²) in [6, 6.07) is 10.4. The fourth-order valence-electron chi connectivity index (χ4n) is 3.35.